The van der Waals surface area contributed by atoms with Crippen molar-refractivity contribution in [3.05, 3.63) is 88.9 Å². The van der Waals surface area contributed by atoms with E-state index in [9.17, 15) is 14.0 Å². The van der Waals surface area contributed by atoms with Gasteiger partial charge in [0.15, 0.2) is 11.5 Å². The number of hydrogen-bond acceptors (Lipinski definition) is 5. The maximum atomic E-state index is 13.9. The van der Waals surface area contributed by atoms with Crippen LogP contribution >= 0.6 is 0 Å². The summed E-state index contributed by atoms with van der Waals surface area (Å²) >= 11 is 0. The van der Waals surface area contributed by atoms with Crippen LogP contribution in [0.1, 0.15) is 16.7 Å². The van der Waals surface area contributed by atoms with Crippen LogP contribution in [0.3, 0.4) is 0 Å². The molecule has 4 rings (SSSR count). The first-order chi connectivity index (χ1) is 15.8. The van der Waals surface area contributed by atoms with Crippen molar-refractivity contribution >= 4 is 28.8 Å². The van der Waals surface area contributed by atoms with Crippen molar-refractivity contribution in [1.29, 1.82) is 0 Å². The first-order valence-corrected chi connectivity index (χ1v) is 10.3. The largest absolute Gasteiger partial charge is 0.493 e. The zero-order valence-corrected chi connectivity index (χ0v) is 18.7. The lowest BCUT2D eigenvalue weighted by atomic mass is 10.0. The molecular formula is C26H23FN2O4. The molecule has 0 bridgehead atoms. The minimum atomic E-state index is -0.574. The fourth-order valence-corrected chi connectivity index (χ4v) is 3.84. The average molecular weight is 446 g/mol. The van der Waals surface area contributed by atoms with E-state index in [0.29, 0.717) is 22.7 Å². The Morgan fingerprint density at radius 3 is 2.27 bits per heavy atom. The van der Waals surface area contributed by atoms with Gasteiger partial charge in [0.05, 0.1) is 25.5 Å². The summed E-state index contributed by atoms with van der Waals surface area (Å²) in [6.07, 6.45) is 0. The molecule has 1 aliphatic rings. The van der Waals surface area contributed by atoms with Gasteiger partial charge in [-0.05, 0) is 61.4 Å². The Labute approximate surface area is 191 Å². The lowest BCUT2D eigenvalue weighted by Crippen LogP contribution is -2.32. The second kappa shape index (κ2) is 8.78. The van der Waals surface area contributed by atoms with Crippen LogP contribution in [0.25, 0.3) is 5.57 Å². The number of halogens is 1. The third-order valence-corrected chi connectivity index (χ3v) is 5.46. The molecule has 7 heteroatoms. The Morgan fingerprint density at radius 1 is 0.848 bits per heavy atom. The number of rotatable bonds is 6. The lowest BCUT2D eigenvalue weighted by Gasteiger charge is -2.16. The molecule has 0 aliphatic carbocycles. The molecule has 0 spiro atoms. The topological polar surface area (TPSA) is 67.9 Å². The summed E-state index contributed by atoms with van der Waals surface area (Å²) in [5.74, 6) is -0.778. The third kappa shape index (κ3) is 4.05. The zero-order valence-electron chi connectivity index (χ0n) is 18.7. The molecule has 0 saturated heterocycles. The monoisotopic (exact) mass is 446 g/mol. The highest BCUT2D eigenvalue weighted by Gasteiger charge is 2.40. The molecule has 0 unspecified atom stereocenters. The van der Waals surface area contributed by atoms with E-state index in [4.69, 9.17) is 9.47 Å². The fourth-order valence-electron chi connectivity index (χ4n) is 3.84. The smallest absolute Gasteiger partial charge is 0.282 e. The highest BCUT2D eigenvalue weighted by atomic mass is 19.1. The maximum absolute atomic E-state index is 13.9. The van der Waals surface area contributed by atoms with Crippen LogP contribution in [0, 0.1) is 19.7 Å². The Hall–Kier alpha value is -4.13. The quantitative estimate of drug-likeness (QED) is 0.548. The first-order valence-electron chi connectivity index (χ1n) is 10.3. The lowest BCUT2D eigenvalue weighted by molar-refractivity contribution is -0.120. The predicted octanol–water partition coefficient (Wildman–Crippen LogP) is 4.86. The van der Waals surface area contributed by atoms with E-state index in [1.54, 1.807) is 18.2 Å². The van der Waals surface area contributed by atoms with Crippen LogP contribution in [-0.4, -0.2) is 26.0 Å². The van der Waals surface area contributed by atoms with Gasteiger partial charge in [-0.2, -0.15) is 0 Å². The van der Waals surface area contributed by atoms with Crippen LogP contribution < -0.4 is 19.7 Å². The number of imide groups is 1. The van der Waals surface area contributed by atoms with Crippen LogP contribution in [0.4, 0.5) is 15.8 Å². The molecule has 0 saturated carbocycles. The highest BCUT2D eigenvalue weighted by molar-refractivity contribution is 6.46. The molecule has 3 aromatic rings. The highest BCUT2D eigenvalue weighted by Crippen LogP contribution is 2.37. The SMILES string of the molecule is COc1ccc(C2=C(Nc3ccc(C)cc3C)C(=O)N(c3cccc(F)c3)C2=O)cc1OC. The Kier molecular flexibility index (Phi) is 5.87. The molecule has 0 radical (unpaired) electrons. The molecule has 1 N–H and O–H groups in total. The van der Waals surface area contributed by atoms with Gasteiger partial charge in [-0.15, -0.1) is 0 Å². The van der Waals surface area contributed by atoms with Crippen LogP contribution in [-0.2, 0) is 9.59 Å². The molecule has 1 heterocycles. The molecule has 0 atom stereocenters. The molecule has 33 heavy (non-hydrogen) atoms. The van der Waals surface area contributed by atoms with Crippen molar-refractivity contribution < 1.29 is 23.5 Å². The molecule has 6 nitrogen and oxygen atoms in total. The van der Waals surface area contributed by atoms with Gasteiger partial charge < -0.3 is 14.8 Å². The maximum Gasteiger partial charge on any atom is 0.282 e. The van der Waals surface area contributed by atoms with Crippen molar-refractivity contribution in [2.45, 2.75) is 13.8 Å². The van der Waals surface area contributed by atoms with Crippen molar-refractivity contribution in [2.24, 2.45) is 0 Å². The molecule has 0 fully saturated rings. The number of benzene rings is 3. The number of nitrogens with zero attached hydrogens (tertiary/aromatic N) is 1. The normalized spacial score (nSPS) is 13.5. The van der Waals surface area contributed by atoms with Crippen LogP contribution in [0.5, 0.6) is 11.5 Å². The van der Waals surface area contributed by atoms with Gasteiger partial charge in [-0.1, -0.05) is 29.8 Å². The minimum absolute atomic E-state index is 0.100. The standard InChI is InChI=1S/C26H23FN2O4/c1-15-8-10-20(16(2)12-15)28-24-23(17-9-11-21(32-3)22(13-17)33-4)25(30)29(26(24)31)19-7-5-6-18(27)14-19/h5-14,28H,1-4H3. The Morgan fingerprint density at radius 2 is 1.61 bits per heavy atom. The van der Waals surface area contributed by atoms with Gasteiger partial charge in [-0.3, -0.25) is 9.59 Å². The van der Waals surface area contributed by atoms with Crippen molar-refractivity contribution in [3.63, 3.8) is 0 Å². The summed E-state index contributed by atoms with van der Waals surface area (Å²) in [5, 5.41) is 3.15. The summed E-state index contributed by atoms with van der Waals surface area (Å²) in [5.41, 5.74) is 3.56. The molecule has 0 aromatic heterocycles. The number of methoxy groups -OCH3 is 2. The van der Waals surface area contributed by atoms with Gasteiger partial charge in [0.1, 0.15) is 11.5 Å². The summed E-state index contributed by atoms with van der Waals surface area (Å²) in [7, 11) is 3.01. The van der Waals surface area contributed by atoms with E-state index in [2.05, 4.69) is 5.32 Å². The number of amides is 2. The summed E-state index contributed by atoms with van der Waals surface area (Å²) < 4.78 is 24.6. The molecule has 2 amide bonds. The predicted molar refractivity (Wildman–Crippen MR) is 125 cm³/mol. The van der Waals surface area contributed by atoms with Gasteiger partial charge in [0, 0.05) is 5.69 Å². The van der Waals surface area contributed by atoms with Crippen LogP contribution in [0.15, 0.2) is 66.4 Å². The number of nitrogens with one attached hydrogen (secondary N) is 1. The average Bonchev–Trinajstić information content (AvgIpc) is 3.04. The molecular weight excluding hydrogens is 423 g/mol. The van der Waals surface area contributed by atoms with Crippen molar-refractivity contribution in [2.75, 3.05) is 24.4 Å². The summed E-state index contributed by atoms with van der Waals surface area (Å²) in [4.78, 5) is 28.0. The van der Waals surface area contributed by atoms with Crippen molar-refractivity contribution in [1.82, 2.24) is 0 Å². The second-order valence-corrected chi connectivity index (χ2v) is 7.69. The number of ether oxygens (including phenoxy) is 2. The van der Waals surface area contributed by atoms with Crippen molar-refractivity contribution in [3.8, 4) is 11.5 Å². The minimum Gasteiger partial charge on any atom is -0.493 e. The van der Waals surface area contributed by atoms with Gasteiger partial charge in [0.25, 0.3) is 11.8 Å². The Balaban J connectivity index is 1.87. The first kappa shape index (κ1) is 22.1. The number of hydrogen-bond donors (Lipinski definition) is 1. The van der Waals surface area contributed by atoms with Crippen LogP contribution in [0.2, 0.25) is 0 Å². The number of carbonyl (C=O) groups excluding carboxylic acids is 2. The van der Waals surface area contributed by atoms with E-state index in [-0.39, 0.29) is 17.0 Å². The summed E-state index contributed by atoms with van der Waals surface area (Å²) in [6, 6.07) is 16.1. The number of aryl methyl sites for hydroxylation is 2. The third-order valence-electron chi connectivity index (χ3n) is 5.46. The molecule has 168 valence electrons. The van der Waals surface area contributed by atoms with Gasteiger partial charge >= 0.3 is 0 Å². The second-order valence-electron chi connectivity index (χ2n) is 7.69. The molecule has 3 aromatic carbocycles. The van der Waals surface area contributed by atoms with E-state index >= 15 is 0 Å². The van der Waals surface area contributed by atoms with Gasteiger partial charge in [0.2, 0.25) is 0 Å². The number of anilines is 2. The summed E-state index contributed by atoms with van der Waals surface area (Å²) in [6.45, 7) is 3.89. The van der Waals surface area contributed by atoms with Gasteiger partial charge in [-0.25, -0.2) is 9.29 Å². The van der Waals surface area contributed by atoms with E-state index in [0.717, 1.165) is 22.1 Å². The fraction of sp³-hybridized carbons (Fsp3) is 0.154. The zero-order chi connectivity index (χ0) is 23.7. The molecule has 1 aliphatic heterocycles. The Bertz CT molecular complexity index is 1300. The van der Waals surface area contributed by atoms with E-state index in [1.165, 1.54) is 32.4 Å². The number of carbonyl (C=O) groups is 2. The van der Waals surface area contributed by atoms with E-state index < -0.39 is 17.6 Å². The van der Waals surface area contributed by atoms with E-state index in [1.807, 2.05) is 32.0 Å².